The summed E-state index contributed by atoms with van der Waals surface area (Å²) in [5, 5.41) is 0. The van der Waals surface area contributed by atoms with E-state index in [1.54, 1.807) is 0 Å². The Kier molecular flexibility index (Phi) is 4.39. The Balaban J connectivity index is 2.57. The number of esters is 1. The highest BCUT2D eigenvalue weighted by molar-refractivity contribution is 5.73. The number of hydrogen-bond acceptors (Lipinski definition) is 3. The Morgan fingerprint density at radius 2 is 2.29 bits per heavy atom. The molecule has 1 saturated heterocycles. The number of hydrogen-bond donors (Lipinski definition) is 0. The quantitative estimate of drug-likeness (QED) is 0.654. The molecule has 1 rings (SSSR count). The molecule has 0 aromatic rings. The maximum Gasteiger partial charge on any atom is 0.311 e. The first kappa shape index (κ1) is 11.5. The minimum atomic E-state index is -0.0918. The second-order valence-electron chi connectivity index (χ2n) is 4.08. The van der Waals surface area contributed by atoms with Gasteiger partial charge in [0.2, 0.25) is 0 Å². The average Bonchev–Trinajstić information content (AvgIpc) is 2.18. The van der Waals surface area contributed by atoms with Crippen LogP contribution in [0.15, 0.2) is 0 Å². The van der Waals surface area contributed by atoms with Crippen molar-refractivity contribution in [2.75, 3.05) is 13.2 Å². The fourth-order valence-corrected chi connectivity index (χ4v) is 1.96. The molecule has 1 heterocycles. The summed E-state index contributed by atoms with van der Waals surface area (Å²) in [6, 6.07) is 0. The van der Waals surface area contributed by atoms with E-state index in [9.17, 15) is 4.79 Å². The van der Waals surface area contributed by atoms with Crippen LogP contribution in [-0.2, 0) is 14.3 Å². The molecule has 1 aliphatic heterocycles. The molecule has 82 valence electrons. The Hall–Kier alpha value is -0.570. The summed E-state index contributed by atoms with van der Waals surface area (Å²) in [6.45, 7) is 7.25. The summed E-state index contributed by atoms with van der Waals surface area (Å²) >= 11 is 0. The first-order valence-corrected chi connectivity index (χ1v) is 5.45. The summed E-state index contributed by atoms with van der Waals surface area (Å²) in [5.74, 6) is 0.235. The van der Waals surface area contributed by atoms with Gasteiger partial charge in [0.25, 0.3) is 0 Å². The molecule has 0 amide bonds. The maximum atomic E-state index is 11.6. The van der Waals surface area contributed by atoms with Crippen LogP contribution in [0.5, 0.6) is 0 Å². The van der Waals surface area contributed by atoms with Gasteiger partial charge in [0.05, 0.1) is 18.6 Å². The lowest BCUT2D eigenvalue weighted by Gasteiger charge is -2.32. The van der Waals surface area contributed by atoms with Crippen molar-refractivity contribution in [1.82, 2.24) is 0 Å². The van der Waals surface area contributed by atoms with Gasteiger partial charge in [-0.15, -0.1) is 0 Å². The van der Waals surface area contributed by atoms with Crippen LogP contribution in [0.25, 0.3) is 0 Å². The van der Waals surface area contributed by atoms with Gasteiger partial charge in [-0.25, -0.2) is 0 Å². The van der Waals surface area contributed by atoms with Crippen LogP contribution in [0.1, 0.15) is 33.6 Å². The lowest BCUT2D eigenvalue weighted by molar-refractivity contribution is -0.160. The van der Waals surface area contributed by atoms with E-state index in [1.165, 1.54) is 0 Å². The smallest absolute Gasteiger partial charge is 0.311 e. The van der Waals surface area contributed by atoms with Crippen molar-refractivity contribution < 1.29 is 14.3 Å². The fourth-order valence-electron chi connectivity index (χ4n) is 1.96. The third kappa shape index (κ3) is 2.71. The molecule has 0 aromatic heterocycles. The van der Waals surface area contributed by atoms with Gasteiger partial charge in [0.1, 0.15) is 0 Å². The van der Waals surface area contributed by atoms with Crippen molar-refractivity contribution in [2.45, 2.75) is 39.7 Å². The van der Waals surface area contributed by atoms with Crippen LogP contribution in [0.2, 0.25) is 0 Å². The number of ether oxygens (including phenoxy) is 2. The monoisotopic (exact) mass is 200 g/mol. The van der Waals surface area contributed by atoms with Crippen molar-refractivity contribution in [3.63, 3.8) is 0 Å². The summed E-state index contributed by atoms with van der Waals surface area (Å²) in [4.78, 5) is 11.6. The Labute approximate surface area is 85.8 Å². The molecule has 14 heavy (non-hydrogen) atoms. The van der Waals surface area contributed by atoms with Crippen LogP contribution in [0, 0.1) is 11.8 Å². The fraction of sp³-hybridized carbons (Fsp3) is 0.909. The Morgan fingerprint density at radius 1 is 1.57 bits per heavy atom. The van der Waals surface area contributed by atoms with Crippen LogP contribution >= 0.6 is 0 Å². The van der Waals surface area contributed by atoms with Crippen molar-refractivity contribution >= 4 is 5.97 Å². The molecule has 0 spiro atoms. The summed E-state index contributed by atoms with van der Waals surface area (Å²) in [7, 11) is 0. The molecule has 0 aromatic carbocycles. The largest absolute Gasteiger partial charge is 0.466 e. The predicted octanol–water partition coefficient (Wildman–Crippen LogP) is 2.00. The standard InChI is InChI=1S/C11H20O3/c1-4-13-11(12)9-6-5-7-14-10(9)8(2)3/h8-10H,4-7H2,1-3H3/t9-,10+/m0/s1. The van der Waals surface area contributed by atoms with E-state index < -0.39 is 0 Å². The first-order chi connectivity index (χ1) is 6.66. The molecule has 0 unspecified atom stereocenters. The normalized spacial score (nSPS) is 27.7. The van der Waals surface area contributed by atoms with Crippen LogP contribution < -0.4 is 0 Å². The van der Waals surface area contributed by atoms with E-state index in [4.69, 9.17) is 9.47 Å². The van der Waals surface area contributed by atoms with Crippen molar-refractivity contribution in [3.8, 4) is 0 Å². The van der Waals surface area contributed by atoms with Crippen molar-refractivity contribution in [1.29, 1.82) is 0 Å². The molecule has 2 atom stereocenters. The van der Waals surface area contributed by atoms with Gasteiger partial charge in [-0.1, -0.05) is 13.8 Å². The third-order valence-electron chi connectivity index (χ3n) is 2.61. The van der Waals surface area contributed by atoms with Gasteiger partial charge in [-0.3, -0.25) is 4.79 Å². The van der Waals surface area contributed by atoms with Gasteiger partial charge < -0.3 is 9.47 Å². The molecule has 0 radical (unpaired) electrons. The van der Waals surface area contributed by atoms with E-state index in [-0.39, 0.29) is 18.0 Å². The van der Waals surface area contributed by atoms with Crippen LogP contribution in [0.4, 0.5) is 0 Å². The highest BCUT2D eigenvalue weighted by atomic mass is 16.5. The second-order valence-corrected chi connectivity index (χ2v) is 4.08. The lowest BCUT2D eigenvalue weighted by atomic mass is 9.87. The highest BCUT2D eigenvalue weighted by Gasteiger charge is 2.34. The SMILES string of the molecule is CCOC(=O)[C@H]1CCCO[C@@H]1C(C)C. The van der Waals surface area contributed by atoms with E-state index in [2.05, 4.69) is 13.8 Å². The van der Waals surface area contributed by atoms with Gasteiger partial charge in [-0.05, 0) is 25.7 Å². The molecule has 0 aliphatic carbocycles. The molecule has 1 aliphatic rings. The predicted molar refractivity (Wildman–Crippen MR) is 53.9 cm³/mol. The molecule has 3 nitrogen and oxygen atoms in total. The number of rotatable bonds is 3. The second kappa shape index (κ2) is 5.35. The van der Waals surface area contributed by atoms with Crippen LogP contribution in [0.3, 0.4) is 0 Å². The van der Waals surface area contributed by atoms with Crippen LogP contribution in [-0.4, -0.2) is 25.3 Å². The van der Waals surface area contributed by atoms with E-state index in [1.807, 2.05) is 6.92 Å². The van der Waals surface area contributed by atoms with E-state index in [0.29, 0.717) is 12.5 Å². The number of carbonyl (C=O) groups excluding carboxylic acids is 1. The Morgan fingerprint density at radius 3 is 2.86 bits per heavy atom. The molecule has 3 heteroatoms. The maximum absolute atomic E-state index is 11.6. The minimum absolute atomic E-state index is 0.0443. The molecule has 0 saturated carbocycles. The average molecular weight is 200 g/mol. The summed E-state index contributed by atoms with van der Waals surface area (Å²) in [5.41, 5.74) is 0. The molecular weight excluding hydrogens is 180 g/mol. The third-order valence-corrected chi connectivity index (χ3v) is 2.61. The molecule has 1 fully saturated rings. The molecule has 0 bridgehead atoms. The lowest BCUT2D eigenvalue weighted by Crippen LogP contribution is -2.39. The summed E-state index contributed by atoms with van der Waals surface area (Å²) < 4.78 is 10.7. The van der Waals surface area contributed by atoms with E-state index in [0.717, 1.165) is 19.4 Å². The van der Waals surface area contributed by atoms with Gasteiger partial charge in [-0.2, -0.15) is 0 Å². The topological polar surface area (TPSA) is 35.5 Å². The number of carbonyl (C=O) groups is 1. The molecular formula is C11H20O3. The minimum Gasteiger partial charge on any atom is -0.466 e. The van der Waals surface area contributed by atoms with Crippen molar-refractivity contribution in [2.24, 2.45) is 11.8 Å². The zero-order valence-electron chi connectivity index (χ0n) is 9.29. The zero-order chi connectivity index (χ0) is 10.6. The summed E-state index contributed by atoms with van der Waals surface area (Å²) in [6.07, 6.45) is 1.91. The van der Waals surface area contributed by atoms with Gasteiger partial charge in [0.15, 0.2) is 0 Å². The van der Waals surface area contributed by atoms with Crippen molar-refractivity contribution in [3.05, 3.63) is 0 Å². The zero-order valence-corrected chi connectivity index (χ0v) is 9.29. The van der Waals surface area contributed by atoms with E-state index >= 15 is 0 Å². The first-order valence-electron chi connectivity index (χ1n) is 5.45. The molecule has 0 N–H and O–H groups in total. The van der Waals surface area contributed by atoms with Gasteiger partial charge in [0, 0.05) is 6.61 Å². The highest BCUT2D eigenvalue weighted by Crippen LogP contribution is 2.27. The van der Waals surface area contributed by atoms with Gasteiger partial charge >= 0.3 is 5.97 Å². The Bertz CT molecular complexity index is 189.